The molecule has 0 atom stereocenters. The van der Waals surface area contributed by atoms with E-state index in [-0.39, 0.29) is 11.5 Å². The van der Waals surface area contributed by atoms with Crippen LogP contribution >= 0.6 is 0 Å². The number of oxazole rings is 1. The van der Waals surface area contributed by atoms with E-state index in [0.29, 0.717) is 42.8 Å². The van der Waals surface area contributed by atoms with Crippen molar-refractivity contribution in [2.75, 3.05) is 6.54 Å². The number of aromatic carboxylic acids is 1. The average Bonchev–Trinajstić information content (AvgIpc) is 3.35. The summed E-state index contributed by atoms with van der Waals surface area (Å²) in [5, 5.41) is 9.13. The Labute approximate surface area is 139 Å². The smallest absolute Gasteiger partial charge is 0.335 e. The number of hydrogen-bond acceptors (Lipinski definition) is 4. The lowest BCUT2D eigenvalue weighted by molar-refractivity contribution is 0.0696. The third-order valence-electron chi connectivity index (χ3n) is 4.69. The predicted molar refractivity (Wildman–Crippen MR) is 85.1 cm³/mol. The van der Waals surface area contributed by atoms with E-state index in [1.54, 1.807) is 24.0 Å². The Morgan fingerprint density at radius 3 is 2.79 bits per heavy atom. The summed E-state index contributed by atoms with van der Waals surface area (Å²) >= 11 is 0. The molecule has 1 N–H and O–H groups in total. The van der Waals surface area contributed by atoms with Gasteiger partial charge >= 0.3 is 5.97 Å². The minimum absolute atomic E-state index is 0.168. The SMILES string of the molecule is Cc1nc(C2CC2)oc1C(=O)N1CCc2ccc(C(=O)O)cc2C1. The summed E-state index contributed by atoms with van der Waals surface area (Å²) in [5.41, 5.74) is 2.85. The van der Waals surface area contributed by atoms with Gasteiger partial charge in [0.2, 0.25) is 5.76 Å². The van der Waals surface area contributed by atoms with Gasteiger partial charge in [-0.05, 0) is 49.4 Å². The Morgan fingerprint density at radius 2 is 2.08 bits per heavy atom. The molecule has 1 amide bonds. The Hall–Kier alpha value is -2.63. The first-order chi connectivity index (χ1) is 11.5. The molecule has 1 aromatic carbocycles. The second kappa shape index (κ2) is 5.47. The Bertz CT molecular complexity index is 836. The largest absolute Gasteiger partial charge is 0.478 e. The van der Waals surface area contributed by atoms with Gasteiger partial charge in [-0.25, -0.2) is 9.78 Å². The lowest BCUT2D eigenvalue weighted by atomic mass is 9.97. The zero-order valence-electron chi connectivity index (χ0n) is 13.4. The summed E-state index contributed by atoms with van der Waals surface area (Å²) in [6, 6.07) is 5.10. The zero-order chi connectivity index (χ0) is 16.8. The van der Waals surface area contributed by atoms with Gasteiger partial charge in [0.1, 0.15) is 0 Å². The third-order valence-corrected chi connectivity index (χ3v) is 4.69. The molecule has 0 spiro atoms. The van der Waals surface area contributed by atoms with Gasteiger partial charge in [0.15, 0.2) is 5.89 Å². The van der Waals surface area contributed by atoms with E-state index in [1.165, 1.54) is 0 Å². The number of amides is 1. The molecule has 2 aromatic rings. The van der Waals surface area contributed by atoms with Crippen LogP contribution in [0.3, 0.4) is 0 Å². The normalized spacial score (nSPS) is 16.8. The van der Waals surface area contributed by atoms with Crippen molar-refractivity contribution in [3.63, 3.8) is 0 Å². The monoisotopic (exact) mass is 326 g/mol. The molecule has 1 aromatic heterocycles. The number of aryl methyl sites for hydroxylation is 1. The fourth-order valence-electron chi connectivity index (χ4n) is 3.13. The van der Waals surface area contributed by atoms with E-state index in [4.69, 9.17) is 9.52 Å². The number of aromatic nitrogens is 1. The first-order valence-electron chi connectivity index (χ1n) is 8.14. The molecular weight excluding hydrogens is 308 g/mol. The first-order valence-corrected chi connectivity index (χ1v) is 8.14. The highest BCUT2D eigenvalue weighted by Crippen LogP contribution is 2.40. The molecule has 0 radical (unpaired) electrons. The van der Waals surface area contributed by atoms with Crippen molar-refractivity contribution in [3.05, 3.63) is 52.2 Å². The van der Waals surface area contributed by atoms with E-state index in [0.717, 1.165) is 24.0 Å². The molecule has 2 aliphatic rings. The zero-order valence-corrected chi connectivity index (χ0v) is 13.4. The lowest BCUT2D eigenvalue weighted by Crippen LogP contribution is -2.36. The maximum atomic E-state index is 12.8. The maximum Gasteiger partial charge on any atom is 0.335 e. The molecule has 1 aliphatic heterocycles. The van der Waals surface area contributed by atoms with Crippen molar-refractivity contribution >= 4 is 11.9 Å². The van der Waals surface area contributed by atoms with Gasteiger partial charge < -0.3 is 14.4 Å². The van der Waals surface area contributed by atoms with Crippen LogP contribution in [-0.4, -0.2) is 33.4 Å². The lowest BCUT2D eigenvalue weighted by Gasteiger charge is -2.28. The highest BCUT2D eigenvalue weighted by Gasteiger charge is 2.32. The number of benzene rings is 1. The van der Waals surface area contributed by atoms with Gasteiger partial charge in [0, 0.05) is 19.0 Å². The molecule has 0 saturated heterocycles. The average molecular weight is 326 g/mol. The second-order valence-electron chi connectivity index (χ2n) is 6.51. The molecule has 1 saturated carbocycles. The molecule has 124 valence electrons. The number of fused-ring (bicyclic) bond motifs is 1. The van der Waals surface area contributed by atoms with Crippen LogP contribution in [0.25, 0.3) is 0 Å². The fourth-order valence-corrected chi connectivity index (χ4v) is 3.13. The summed E-state index contributed by atoms with van der Waals surface area (Å²) in [4.78, 5) is 30.0. The van der Waals surface area contributed by atoms with Crippen molar-refractivity contribution in [1.29, 1.82) is 0 Å². The van der Waals surface area contributed by atoms with Crippen LogP contribution in [0.15, 0.2) is 22.6 Å². The molecule has 0 bridgehead atoms. The van der Waals surface area contributed by atoms with E-state index in [2.05, 4.69) is 4.98 Å². The van der Waals surface area contributed by atoms with Crippen LogP contribution in [-0.2, 0) is 13.0 Å². The first kappa shape index (κ1) is 14.9. The molecule has 1 fully saturated rings. The molecule has 6 heteroatoms. The molecule has 4 rings (SSSR count). The minimum atomic E-state index is -0.957. The van der Waals surface area contributed by atoms with Gasteiger partial charge in [-0.1, -0.05) is 6.07 Å². The quantitative estimate of drug-likeness (QED) is 0.937. The van der Waals surface area contributed by atoms with Gasteiger partial charge in [-0.3, -0.25) is 4.79 Å². The summed E-state index contributed by atoms with van der Waals surface area (Å²) in [7, 11) is 0. The van der Waals surface area contributed by atoms with Crippen molar-refractivity contribution in [3.8, 4) is 0 Å². The Morgan fingerprint density at radius 1 is 1.29 bits per heavy atom. The highest BCUT2D eigenvalue weighted by atomic mass is 16.4. The van der Waals surface area contributed by atoms with Crippen molar-refractivity contribution < 1.29 is 19.1 Å². The number of carboxylic acid groups (broad SMARTS) is 1. The second-order valence-corrected chi connectivity index (χ2v) is 6.51. The predicted octanol–water partition coefficient (Wildman–Crippen LogP) is 2.76. The van der Waals surface area contributed by atoms with Crippen molar-refractivity contribution in [2.24, 2.45) is 0 Å². The van der Waals surface area contributed by atoms with Crippen LogP contribution in [0.2, 0.25) is 0 Å². The Kier molecular flexibility index (Phi) is 3.40. The standard InChI is InChI=1S/C18H18N2O4/c1-10-15(24-16(19-10)12-3-4-12)17(21)20-7-6-11-2-5-13(18(22)23)8-14(11)9-20/h2,5,8,12H,3-4,6-7,9H2,1H3,(H,22,23). The summed E-state index contributed by atoms with van der Waals surface area (Å²) < 4.78 is 5.71. The van der Waals surface area contributed by atoms with Gasteiger partial charge in [0.05, 0.1) is 11.3 Å². The van der Waals surface area contributed by atoms with Gasteiger partial charge in [-0.2, -0.15) is 0 Å². The van der Waals surface area contributed by atoms with Crippen LogP contribution in [0.4, 0.5) is 0 Å². The third kappa shape index (κ3) is 2.58. The van der Waals surface area contributed by atoms with Gasteiger partial charge in [0.25, 0.3) is 5.91 Å². The number of carbonyl (C=O) groups excluding carboxylic acids is 1. The van der Waals surface area contributed by atoms with Gasteiger partial charge in [-0.15, -0.1) is 0 Å². The molecule has 6 nitrogen and oxygen atoms in total. The van der Waals surface area contributed by atoms with E-state index in [1.807, 2.05) is 6.07 Å². The number of hydrogen-bond donors (Lipinski definition) is 1. The van der Waals surface area contributed by atoms with Crippen LogP contribution < -0.4 is 0 Å². The van der Waals surface area contributed by atoms with E-state index in [9.17, 15) is 9.59 Å². The number of nitrogens with zero attached hydrogens (tertiary/aromatic N) is 2. The van der Waals surface area contributed by atoms with E-state index >= 15 is 0 Å². The molecular formula is C18H18N2O4. The number of carboxylic acids is 1. The minimum Gasteiger partial charge on any atom is -0.478 e. The molecule has 24 heavy (non-hydrogen) atoms. The fraction of sp³-hybridized carbons (Fsp3) is 0.389. The van der Waals surface area contributed by atoms with Crippen molar-refractivity contribution in [1.82, 2.24) is 9.88 Å². The molecule has 1 aliphatic carbocycles. The summed E-state index contributed by atoms with van der Waals surface area (Å²) in [5.74, 6) is 0.223. The Balaban J connectivity index is 1.58. The van der Waals surface area contributed by atoms with Crippen LogP contribution in [0, 0.1) is 6.92 Å². The molecule has 0 unspecified atom stereocenters. The van der Waals surface area contributed by atoms with Crippen LogP contribution in [0.5, 0.6) is 0 Å². The summed E-state index contributed by atoms with van der Waals surface area (Å²) in [6.45, 7) is 2.79. The van der Waals surface area contributed by atoms with E-state index < -0.39 is 5.97 Å². The topological polar surface area (TPSA) is 83.6 Å². The van der Waals surface area contributed by atoms with Crippen molar-refractivity contribution in [2.45, 2.75) is 38.6 Å². The summed E-state index contributed by atoms with van der Waals surface area (Å²) in [6.07, 6.45) is 2.86. The van der Waals surface area contributed by atoms with Crippen LogP contribution in [0.1, 0.15) is 62.4 Å². The molecule has 2 heterocycles. The maximum absolute atomic E-state index is 12.8. The number of carbonyl (C=O) groups is 2. The number of rotatable bonds is 3. The highest BCUT2D eigenvalue weighted by molar-refractivity contribution is 5.93.